The third-order valence-corrected chi connectivity index (χ3v) is 1.84. The Morgan fingerprint density at radius 3 is 2.86 bits per heavy atom. The molecule has 0 radical (unpaired) electrons. The molecule has 3 N–H and O–H groups in total. The van der Waals surface area contributed by atoms with Crippen LogP contribution in [0.25, 0.3) is 0 Å². The zero-order chi connectivity index (χ0) is 10.4. The van der Waals surface area contributed by atoms with Crippen molar-refractivity contribution in [1.29, 1.82) is 0 Å². The van der Waals surface area contributed by atoms with E-state index in [1.807, 2.05) is 11.8 Å². The molecule has 14 heavy (non-hydrogen) atoms. The van der Waals surface area contributed by atoms with E-state index in [1.54, 1.807) is 0 Å². The number of hydrogen-bond donors (Lipinski definition) is 2. The van der Waals surface area contributed by atoms with Crippen molar-refractivity contribution < 1.29 is 9.52 Å². The Morgan fingerprint density at radius 2 is 2.29 bits per heavy atom. The van der Waals surface area contributed by atoms with Gasteiger partial charge in [0.25, 0.3) is 0 Å². The van der Waals surface area contributed by atoms with Crippen LogP contribution in [0.5, 0.6) is 0 Å². The highest BCUT2D eigenvalue weighted by Gasteiger charge is 2.11. The zero-order valence-corrected chi connectivity index (χ0v) is 8.31. The van der Waals surface area contributed by atoms with Gasteiger partial charge in [-0.05, 0) is 6.92 Å². The van der Waals surface area contributed by atoms with Gasteiger partial charge in [-0.25, -0.2) is 0 Å². The molecule has 1 aromatic rings. The first-order valence-corrected chi connectivity index (χ1v) is 4.70. The maximum Gasteiger partial charge on any atom is 0.318 e. The smallest absolute Gasteiger partial charge is 0.318 e. The minimum Gasteiger partial charge on any atom is -0.408 e. The van der Waals surface area contributed by atoms with Crippen molar-refractivity contribution in [3.05, 3.63) is 5.89 Å². The summed E-state index contributed by atoms with van der Waals surface area (Å²) in [6.45, 7) is 3.75. The largest absolute Gasteiger partial charge is 0.408 e. The predicted octanol–water partition coefficient (Wildman–Crippen LogP) is -0.611. The molecule has 1 aromatic heterocycles. The van der Waals surface area contributed by atoms with Gasteiger partial charge in [0.1, 0.15) is 0 Å². The van der Waals surface area contributed by atoms with E-state index < -0.39 is 0 Å². The molecule has 0 aliphatic rings. The van der Waals surface area contributed by atoms with Gasteiger partial charge in [0.15, 0.2) is 0 Å². The minimum atomic E-state index is 0.0719. The third kappa shape index (κ3) is 2.68. The van der Waals surface area contributed by atoms with E-state index >= 15 is 0 Å². The quantitative estimate of drug-likeness (QED) is 0.637. The van der Waals surface area contributed by atoms with E-state index in [2.05, 4.69) is 10.2 Å². The Kier molecular flexibility index (Phi) is 4.34. The van der Waals surface area contributed by atoms with E-state index in [4.69, 9.17) is 15.3 Å². The topological polar surface area (TPSA) is 88.4 Å². The van der Waals surface area contributed by atoms with Gasteiger partial charge in [0.05, 0.1) is 6.61 Å². The highest BCUT2D eigenvalue weighted by Crippen LogP contribution is 2.11. The number of aliphatic hydroxyl groups excluding tert-OH is 1. The summed E-state index contributed by atoms with van der Waals surface area (Å²) >= 11 is 0. The van der Waals surface area contributed by atoms with Gasteiger partial charge in [-0.2, -0.15) is 0 Å². The lowest BCUT2D eigenvalue weighted by atomic mass is 10.4. The fourth-order valence-corrected chi connectivity index (χ4v) is 1.11. The minimum absolute atomic E-state index is 0.0719. The Morgan fingerprint density at radius 1 is 1.50 bits per heavy atom. The van der Waals surface area contributed by atoms with E-state index in [9.17, 15) is 0 Å². The summed E-state index contributed by atoms with van der Waals surface area (Å²) in [6, 6.07) is 0.449. The van der Waals surface area contributed by atoms with Gasteiger partial charge in [-0.1, -0.05) is 5.10 Å². The van der Waals surface area contributed by atoms with E-state index in [1.165, 1.54) is 0 Å². The maximum atomic E-state index is 8.79. The van der Waals surface area contributed by atoms with Crippen molar-refractivity contribution >= 4 is 6.01 Å². The number of rotatable bonds is 6. The highest BCUT2D eigenvalue weighted by atomic mass is 16.4. The van der Waals surface area contributed by atoms with Gasteiger partial charge in [-0.15, -0.1) is 5.10 Å². The first kappa shape index (κ1) is 10.9. The number of nitrogens with two attached hydrogens (primary N) is 1. The van der Waals surface area contributed by atoms with Crippen LogP contribution in [0, 0.1) is 0 Å². The lowest BCUT2D eigenvalue weighted by Gasteiger charge is -2.15. The van der Waals surface area contributed by atoms with Crippen LogP contribution < -0.4 is 10.6 Å². The fourth-order valence-electron chi connectivity index (χ4n) is 1.11. The van der Waals surface area contributed by atoms with Crippen molar-refractivity contribution in [2.45, 2.75) is 13.3 Å². The standard InChI is InChI=1S/C8H16N4O2/c1-2-12(5-6-13)8-11-10-7(14-8)3-4-9/h13H,2-6,9H2,1H3. The van der Waals surface area contributed by atoms with Crippen LogP contribution >= 0.6 is 0 Å². The molecule has 0 amide bonds. The van der Waals surface area contributed by atoms with Crippen LogP contribution in [-0.2, 0) is 6.42 Å². The summed E-state index contributed by atoms with van der Waals surface area (Å²) in [7, 11) is 0. The molecule has 1 heterocycles. The third-order valence-electron chi connectivity index (χ3n) is 1.84. The van der Waals surface area contributed by atoms with Gasteiger partial charge in [0, 0.05) is 26.1 Å². The highest BCUT2D eigenvalue weighted by molar-refractivity contribution is 5.23. The second kappa shape index (κ2) is 5.56. The van der Waals surface area contributed by atoms with Crippen molar-refractivity contribution in [3.8, 4) is 0 Å². The first-order chi connectivity index (χ1) is 6.81. The number of aromatic nitrogens is 2. The van der Waals surface area contributed by atoms with Crippen LogP contribution in [0.2, 0.25) is 0 Å². The van der Waals surface area contributed by atoms with Crippen molar-refractivity contribution in [1.82, 2.24) is 10.2 Å². The zero-order valence-electron chi connectivity index (χ0n) is 8.31. The number of likely N-dealkylation sites (N-methyl/N-ethyl adjacent to an activating group) is 1. The van der Waals surface area contributed by atoms with Crippen LogP contribution in [0.1, 0.15) is 12.8 Å². The SMILES string of the molecule is CCN(CCO)c1nnc(CCN)o1. The fraction of sp³-hybridized carbons (Fsp3) is 0.750. The molecular weight excluding hydrogens is 184 g/mol. The summed E-state index contributed by atoms with van der Waals surface area (Å²) in [5.41, 5.74) is 5.36. The van der Waals surface area contributed by atoms with E-state index in [0.29, 0.717) is 31.4 Å². The molecule has 0 spiro atoms. The van der Waals surface area contributed by atoms with Crippen LogP contribution in [0.15, 0.2) is 4.42 Å². The molecule has 6 heteroatoms. The molecule has 0 atom stereocenters. The summed E-state index contributed by atoms with van der Waals surface area (Å²) in [5, 5.41) is 16.5. The lowest BCUT2D eigenvalue weighted by Crippen LogP contribution is -2.26. The van der Waals surface area contributed by atoms with Gasteiger partial charge in [0.2, 0.25) is 5.89 Å². The lowest BCUT2D eigenvalue weighted by molar-refractivity contribution is 0.299. The molecule has 0 aliphatic heterocycles. The average Bonchev–Trinajstić information content (AvgIpc) is 2.63. The molecule has 0 fully saturated rings. The Balaban J connectivity index is 2.63. The Bertz CT molecular complexity index is 264. The summed E-state index contributed by atoms with van der Waals surface area (Å²) in [6.07, 6.45) is 0.587. The molecule has 0 aliphatic carbocycles. The maximum absolute atomic E-state index is 8.79. The molecular formula is C8H16N4O2. The second-order valence-electron chi connectivity index (χ2n) is 2.82. The monoisotopic (exact) mass is 200 g/mol. The predicted molar refractivity (Wildman–Crippen MR) is 52.0 cm³/mol. The number of anilines is 1. The molecule has 0 aromatic carbocycles. The van der Waals surface area contributed by atoms with Crippen molar-refractivity contribution in [3.63, 3.8) is 0 Å². The van der Waals surface area contributed by atoms with E-state index in [-0.39, 0.29) is 6.61 Å². The van der Waals surface area contributed by atoms with E-state index in [0.717, 1.165) is 6.54 Å². The molecule has 0 unspecified atom stereocenters. The average molecular weight is 200 g/mol. The molecule has 0 saturated carbocycles. The first-order valence-electron chi connectivity index (χ1n) is 4.70. The molecule has 0 saturated heterocycles. The van der Waals surface area contributed by atoms with Crippen LogP contribution in [0.4, 0.5) is 6.01 Å². The van der Waals surface area contributed by atoms with Gasteiger partial charge >= 0.3 is 6.01 Å². The molecule has 6 nitrogen and oxygen atoms in total. The number of hydrogen-bond acceptors (Lipinski definition) is 6. The summed E-state index contributed by atoms with van der Waals surface area (Å²) in [4.78, 5) is 1.81. The van der Waals surface area contributed by atoms with Crippen LogP contribution in [-0.4, -0.2) is 41.5 Å². The molecule has 1 rings (SSSR count). The number of aliphatic hydroxyl groups is 1. The van der Waals surface area contributed by atoms with Gasteiger partial charge in [-0.3, -0.25) is 0 Å². The Labute approximate surface area is 82.7 Å². The van der Waals surface area contributed by atoms with Crippen molar-refractivity contribution in [2.24, 2.45) is 5.73 Å². The normalized spacial score (nSPS) is 10.5. The summed E-state index contributed by atoms with van der Waals surface area (Å²) < 4.78 is 5.34. The van der Waals surface area contributed by atoms with Crippen molar-refractivity contribution in [2.75, 3.05) is 31.1 Å². The van der Waals surface area contributed by atoms with Crippen LogP contribution in [0.3, 0.4) is 0 Å². The second-order valence-corrected chi connectivity index (χ2v) is 2.82. The molecule has 0 bridgehead atoms. The van der Waals surface area contributed by atoms with Gasteiger partial charge < -0.3 is 20.2 Å². The number of nitrogens with zero attached hydrogens (tertiary/aromatic N) is 3. The Hall–Kier alpha value is -1.14. The summed E-state index contributed by atoms with van der Waals surface area (Å²) in [5.74, 6) is 0.541. The molecule has 80 valence electrons.